The molecule has 5 heteroatoms. The third-order valence-electron chi connectivity index (χ3n) is 4.63. The van der Waals surface area contributed by atoms with Crippen LogP contribution in [0.3, 0.4) is 0 Å². The number of carbonyl (C=O) groups excluding carboxylic acids is 1. The van der Waals surface area contributed by atoms with E-state index in [9.17, 15) is 4.79 Å². The number of rotatable bonds is 9. The average Bonchev–Trinajstić information content (AvgIpc) is 3.12. The molecule has 3 aromatic rings. The smallest absolute Gasteiger partial charge is 0.227 e. The summed E-state index contributed by atoms with van der Waals surface area (Å²) in [5, 5.41) is 0.728. The fourth-order valence-electron chi connectivity index (χ4n) is 3.15. The molecule has 0 aliphatic heterocycles. The molecule has 0 bridgehead atoms. The minimum atomic E-state index is 0.0961. The molecule has 28 heavy (non-hydrogen) atoms. The number of carbonyl (C=O) groups is 1. The summed E-state index contributed by atoms with van der Waals surface area (Å²) in [4.78, 5) is 14.8. The van der Waals surface area contributed by atoms with Crippen LogP contribution in [-0.2, 0) is 29.0 Å². The summed E-state index contributed by atoms with van der Waals surface area (Å²) in [6.07, 6.45) is 2.42. The first-order valence-corrected chi connectivity index (χ1v) is 9.72. The fraction of sp³-hybridized carbons (Fsp3) is 0.261. The molecular formula is C23H25ClN2O2. The van der Waals surface area contributed by atoms with Gasteiger partial charge in [0.05, 0.1) is 19.6 Å². The van der Waals surface area contributed by atoms with Crippen molar-refractivity contribution in [3.8, 4) is 0 Å². The van der Waals surface area contributed by atoms with Crippen LogP contribution in [-0.4, -0.2) is 35.6 Å². The van der Waals surface area contributed by atoms with Gasteiger partial charge in [-0.25, -0.2) is 0 Å². The number of amides is 1. The van der Waals surface area contributed by atoms with Crippen LogP contribution < -0.4 is 0 Å². The van der Waals surface area contributed by atoms with Crippen LogP contribution in [0.2, 0.25) is 5.02 Å². The Balaban J connectivity index is 1.72. The van der Waals surface area contributed by atoms with Gasteiger partial charge in [-0.05, 0) is 35.4 Å². The maximum atomic E-state index is 12.9. The molecule has 0 spiro atoms. The summed E-state index contributed by atoms with van der Waals surface area (Å²) in [6, 6.07) is 21.7. The van der Waals surface area contributed by atoms with E-state index in [0.717, 1.165) is 21.8 Å². The van der Waals surface area contributed by atoms with Crippen molar-refractivity contribution >= 4 is 17.5 Å². The molecule has 2 aromatic carbocycles. The van der Waals surface area contributed by atoms with Crippen LogP contribution >= 0.6 is 11.6 Å². The first-order chi connectivity index (χ1) is 13.7. The Labute approximate surface area is 171 Å². The standard InChI is InChI=1S/C23H25ClN2O2/c1-28-14-13-26(23(27)16-19-7-3-2-4-8-19)18-22-11-6-12-25(22)17-20-9-5-10-21(24)15-20/h2-12,15H,13-14,16-18H2,1H3. The van der Waals surface area contributed by atoms with Crippen LogP contribution in [0.4, 0.5) is 0 Å². The van der Waals surface area contributed by atoms with Gasteiger partial charge in [0, 0.05) is 37.1 Å². The topological polar surface area (TPSA) is 34.5 Å². The molecule has 0 unspecified atom stereocenters. The van der Waals surface area contributed by atoms with Crippen molar-refractivity contribution in [1.82, 2.24) is 9.47 Å². The predicted molar refractivity (Wildman–Crippen MR) is 112 cm³/mol. The zero-order valence-corrected chi connectivity index (χ0v) is 16.8. The van der Waals surface area contributed by atoms with Crippen LogP contribution in [0, 0.1) is 0 Å². The maximum Gasteiger partial charge on any atom is 0.227 e. The third kappa shape index (κ3) is 5.72. The number of nitrogens with zero attached hydrogens (tertiary/aromatic N) is 2. The highest BCUT2D eigenvalue weighted by Crippen LogP contribution is 2.15. The Morgan fingerprint density at radius 1 is 1.04 bits per heavy atom. The average molecular weight is 397 g/mol. The molecule has 0 atom stereocenters. The highest BCUT2D eigenvalue weighted by atomic mass is 35.5. The van der Waals surface area contributed by atoms with E-state index in [2.05, 4.69) is 16.7 Å². The molecular weight excluding hydrogens is 372 g/mol. The van der Waals surface area contributed by atoms with Crippen molar-refractivity contribution in [3.63, 3.8) is 0 Å². The zero-order valence-electron chi connectivity index (χ0n) is 16.1. The molecule has 0 aliphatic rings. The molecule has 0 radical (unpaired) electrons. The molecule has 1 amide bonds. The minimum Gasteiger partial charge on any atom is -0.383 e. The van der Waals surface area contributed by atoms with Crippen LogP contribution in [0.1, 0.15) is 16.8 Å². The minimum absolute atomic E-state index is 0.0961. The Hall–Kier alpha value is -2.56. The van der Waals surface area contributed by atoms with Gasteiger partial charge in [-0.2, -0.15) is 0 Å². The van der Waals surface area contributed by atoms with E-state index in [1.807, 2.05) is 65.7 Å². The van der Waals surface area contributed by atoms with Crippen molar-refractivity contribution < 1.29 is 9.53 Å². The maximum absolute atomic E-state index is 12.9. The van der Waals surface area contributed by atoms with Gasteiger partial charge in [0.2, 0.25) is 5.91 Å². The summed E-state index contributed by atoms with van der Waals surface area (Å²) in [7, 11) is 1.65. The lowest BCUT2D eigenvalue weighted by atomic mass is 10.1. The number of ether oxygens (including phenoxy) is 1. The number of benzene rings is 2. The van der Waals surface area contributed by atoms with Crippen molar-refractivity contribution in [3.05, 3.63) is 94.8 Å². The highest BCUT2D eigenvalue weighted by Gasteiger charge is 2.16. The molecule has 0 saturated heterocycles. The summed E-state index contributed by atoms with van der Waals surface area (Å²) >= 11 is 6.11. The SMILES string of the molecule is COCCN(Cc1cccn1Cc1cccc(Cl)c1)C(=O)Cc1ccccc1. The van der Waals surface area contributed by atoms with Gasteiger partial charge >= 0.3 is 0 Å². The second-order valence-corrected chi connectivity index (χ2v) is 7.16. The Kier molecular flexibility index (Phi) is 7.29. The molecule has 0 N–H and O–H groups in total. The summed E-state index contributed by atoms with van der Waals surface area (Å²) in [5.41, 5.74) is 3.23. The predicted octanol–water partition coefficient (Wildman–Crippen LogP) is 4.41. The number of aromatic nitrogens is 1. The van der Waals surface area contributed by atoms with E-state index >= 15 is 0 Å². The lowest BCUT2D eigenvalue weighted by Gasteiger charge is -2.23. The van der Waals surface area contributed by atoms with Crippen molar-refractivity contribution in [2.24, 2.45) is 0 Å². The molecule has 0 saturated carbocycles. The van der Waals surface area contributed by atoms with E-state index in [1.165, 1.54) is 0 Å². The lowest BCUT2D eigenvalue weighted by Crippen LogP contribution is -2.35. The Bertz CT molecular complexity index is 892. The first kappa shape index (κ1) is 20.2. The largest absolute Gasteiger partial charge is 0.383 e. The van der Waals surface area contributed by atoms with Gasteiger partial charge in [-0.1, -0.05) is 54.1 Å². The highest BCUT2D eigenvalue weighted by molar-refractivity contribution is 6.30. The molecule has 0 aliphatic carbocycles. The van der Waals surface area contributed by atoms with Crippen LogP contribution in [0.25, 0.3) is 0 Å². The molecule has 0 fully saturated rings. The molecule has 4 nitrogen and oxygen atoms in total. The quantitative estimate of drug-likeness (QED) is 0.537. The lowest BCUT2D eigenvalue weighted by molar-refractivity contribution is -0.131. The van der Waals surface area contributed by atoms with Gasteiger partial charge in [0.1, 0.15) is 0 Å². The third-order valence-corrected chi connectivity index (χ3v) is 4.87. The summed E-state index contributed by atoms with van der Waals surface area (Å²) in [5.74, 6) is 0.0961. The number of halogens is 1. The van der Waals surface area contributed by atoms with E-state index in [1.54, 1.807) is 7.11 Å². The van der Waals surface area contributed by atoms with Crippen molar-refractivity contribution in [1.29, 1.82) is 0 Å². The van der Waals surface area contributed by atoms with E-state index in [-0.39, 0.29) is 5.91 Å². The van der Waals surface area contributed by atoms with E-state index in [0.29, 0.717) is 32.7 Å². The number of hydrogen-bond acceptors (Lipinski definition) is 2. The monoisotopic (exact) mass is 396 g/mol. The van der Waals surface area contributed by atoms with Crippen LogP contribution in [0.5, 0.6) is 0 Å². The molecule has 3 rings (SSSR count). The van der Waals surface area contributed by atoms with Gasteiger partial charge in [0.25, 0.3) is 0 Å². The molecule has 1 aromatic heterocycles. The van der Waals surface area contributed by atoms with Crippen molar-refractivity contribution in [2.45, 2.75) is 19.5 Å². The van der Waals surface area contributed by atoms with Gasteiger partial charge in [-0.15, -0.1) is 0 Å². The molecule has 146 valence electrons. The van der Waals surface area contributed by atoms with E-state index in [4.69, 9.17) is 16.3 Å². The summed E-state index contributed by atoms with van der Waals surface area (Å²) < 4.78 is 7.37. The number of methoxy groups -OCH3 is 1. The zero-order chi connectivity index (χ0) is 19.8. The Morgan fingerprint density at radius 3 is 2.57 bits per heavy atom. The molecule has 1 heterocycles. The second kappa shape index (κ2) is 10.1. The Morgan fingerprint density at radius 2 is 1.82 bits per heavy atom. The number of hydrogen-bond donors (Lipinski definition) is 0. The normalized spacial score (nSPS) is 10.8. The van der Waals surface area contributed by atoms with Gasteiger partial charge in [-0.3, -0.25) is 4.79 Å². The van der Waals surface area contributed by atoms with Gasteiger partial charge in [0.15, 0.2) is 0 Å². The van der Waals surface area contributed by atoms with Gasteiger partial charge < -0.3 is 14.2 Å². The first-order valence-electron chi connectivity index (χ1n) is 9.35. The van der Waals surface area contributed by atoms with E-state index < -0.39 is 0 Å². The van der Waals surface area contributed by atoms with Crippen LogP contribution in [0.15, 0.2) is 72.9 Å². The van der Waals surface area contributed by atoms with Crippen molar-refractivity contribution in [2.75, 3.05) is 20.3 Å². The fourth-order valence-corrected chi connectivity index (χ4v) is 3.36. The second-order valence-electron chi connectivity index (χ2n) is 6.73. The summed E-state index contributed by atoms with van der Waals surface area (Å²) in [6.45, 7) is 2.33.